The average molecular weight is 307 g/mol. The van der Waals surface area contributed by atoms with Crippen LogP contribution in [-0.4, -0.2) is 28.8 Å². The second-order valence-electron chi connectivity index (χ2n) is 5.37. The van der Waals surface area contributed by atoms with Crippen LogP contribution in [-0.2, 0) is 13.0 Å². The van der Waals surface area contributed by atoms with Gasteiger partial charge in [-0.25, -0.2) is 4.98 Å². The summed E-state index contributed by atoms with van der Waals surface area (Å²) in [4.78, 5) is 5.14. The van der Waals surface area contributed by atoms with E-state index in [1.807, 2.05) is 12.1 Å². The number of aromatic nitrogens is 2. The molecule has 0 aliphatic rings. The highest BCUT2D eigenvalue weighted by Crippen LogP contribution is 2.32. The number of methoxy groups -OCH3 is 2. The number of ether oxygens (including phenoxy) is 2. The summed E-state index contributed by atoms with van der Waals surface area (Å²) in [5.41, 5.74) is 7.54. The molecule has 114 valence electrons. The molecule has 2 aromatic rings. The number of hydrogen-bond donors (Lipinski definition) is 1. The third-order valence-corrected chi connectivity index (χ3v) is 3.37. The Hall–Kier alpha value is -1.82. The molecule has 1 aromatic carbocycles. The molecule has 0 aliphatic carbocycles. The normalized spacial score (nSPS) is 11.1. The van der Waals surface area contributed by atoms with E-state index >= 15 is 0 Å². The van der Waals surface area contributed by atoms with Gasteiger partial charge in [0.1, 0.15) is 5.82 Å². The molecule has 0 atom stereocenters. The van der Waals surface area contributed by atoms with Crippen molar-refractivity contribution in [2.75, 3.05) is 14.2 Å². The topological polar surface area (TPSA) is 62.3 Å². The summed E-state index contributed by atoms with van der Waals surface area (Å²) in [7, 11) is 3.23. The fraction of sp³-hybridized carbons (Fsp3) is 0.467. The predicted octanol–water partition coefficient (Wildman–Crippen LogP) is 2.54. The van der Waals surface area contributed by atoms with Crippen molar-refractivity contribution < 1.29 is 9.47 Å². The molecule has 2 N–H and O–H groups in total. The minimum Gasteiger partial charge on any atom is -0.493 e. The summed E-state index contributed by atoms with van der Waals surface area (Å²) >= 11 is 5.06. The lowest BCUT2D eigenvalue weighted by molar-refractivity contribution is 0.355. The number of thiocarbonyl (C=S) groups is 1. The first-order chi connectivity index (χ1) is 9.96. The zero-order valence-electron chi connectivity index (χ0n) is 12.8. The molecular weight excluding hydrogens is 286 g/mol. The standard InChI is InChI=1S/C15H21N3O2S/c1-9(2)5-15-17-10-6-12(19-3)13(20-4)7-11(10)18(15)8-14(16)21/h6-7,9H,5,8H2,1-4H3,(H2,16,21). The van der Waals surface area contributed by atoms with Crippen molar-refractivity contribution in [3.8, 4) is 11.5 Å². The molecule has 1 aromatic heterocycles. The minimum atomic E-state index is 0.439. The van der Waals surface area contributed by atoms with E-state index in [1.54, 1.807) is 14.2 Å². The van der Waals surface area contributed by atoms with Gasteiger partial charge in [-0.15, -0.1) is 0 Å². The Morgan fingerprint density at radius 1 is 1.29 bits per heavy atom. The van der Waals surface area contributed by atoms with Gasteiger partial charge >= 0.3 is 0 Å². The smallest absolute Gasteiger partial charge is 0.163 e. The number of nitrogens with zero attached hydrogens (tertiary/aromatic N) is 2. The molecule has 1 heterocycles. The monoisotopic (exact) mass is 307 g/mol. The van der Waals surface area contributed by atoms with Crippen LogP contribution in [0.3, 0.4) is 0 Å². The molecule has 0 aliphatic heterocycles. The van der Waals surface area contributed by atoms with Gasteiger partial charge in [0, 0.05) is 18.6 Å². The van der Waals surface area contributed by atoms with Gasteiger partial charge in [-0.05, 0) is 5.92 Å². The number of nitrogens with two attached hydrogens (primary N) is 1. The van der Waals surface area contributed by atoms with Crippen molar-refractivity contribution >= 4 is 28.2 Å². The number of fused-ring (bicyclic) bond motifs is 1. The fourth-order valence-electron chi connectivity index (χ4n) is 2.35. The van der Waals surface area contributed by atoms with E-state index in [4.69, 9.17) is 32.4 Å². The van der Waals surface area contributed by atoms with Crippen LogP contribution in [0.1, 0.15) is 19.7 Å². The van der Waals surface area contributed by atoms with Gasteiger partial charge in [0.2, 0.25) is 0 Å². The van der Waals surface area contributed by atoms with Gasteiger partial charge in [0.05, 0.1) is 36.8 Å². The Balaban J connectivity index is 2.64. The Kier molecular flexibility index (Phi) is 4.67. The van der Waals surface area contributed by atoms with Crippen LogP contribution < -0.4 is 15.2 Å². The number of rotatable bonds is 6. The summed E-state index contributed by atoms with van der Waals surface area (Å²) < 4.78 is 12.8. The molecule has 0 saturated carbocycles. The second kappa shape index (κ2) is 6.30. The van der Waals surface area contributed by atoms with Crippen LogP contribution in [0.25, 0.3) is 11.0 Å². The van der Waals surface area contributed by atoms with E-state index in [9.17, 15) is 0 Å². The molecular formula is C15H21N3O2S. The Labute approximate surface area is 130 Å². The summed E-state index contributed by atoms with van der Waals surface area (Å²) in [5, 5.41) is 0. The lowest BCUT2D eigenvalue weighted by atomic mass is 10.1. The van der Waals surface area contributed by atoms with E-state index in [0.717, 1.165) is 23.3 Å². The van der Waals surface area contributed by atoms with Crippen LogP contribution in [0.5, 0.6) is 11.5 Å². The SMILES string of the molecule is COc1cc2nc(CC(C)C)n(CC(N)=S)c2cc1OC. The molecule has 5 nitrogen and oxygen atoms in total. The van der Waals surface area contributed by atoms with Crippen LogP contribution in [0.2, 0.25) is 0 Å². The van der Waals surface area contributed by atoms with E-state index in [1.165, 1.54) is 0 Å². The Bertz CT molecular complexity index is 664. The van der Waals surface area contributed by atoms with Crippen LogP contribution in [0, 0.1) is 5.92 Å². The van der Waals surface area contributed by atoms with Crippen LogP contribution in [0.4, 0.5) is 0 Å². The molecule has 0 unspecified atom stereocenters. The lowest BCUT2D eigenvalue weighted by Gasteiger charge is -2.11. The van der Waals surface area contributed by atoms with Gasteiger partial charge in [0.25, 0.3) is 0 Å². The third-order valence-electron chi connectivity index (χ3n) is 3.24. The highest BCUT2D eigenvalue weighted by molar-refractivity contribution is 7.80. The number of imidazole rings is 1. The molecule has 2 rings (SSSR count). The fourth-order valence-corrected chi connectivity index (χ4v) is 2.48. The second-order valence-corrected chi connectivity index (χ2v) is 5.90. The Morgan fingerprint density at radius 2 is 1.90 bits per heavy atom. The Morgan fingerprint density at radius 3 is 2.43 bits per heavy atom. The highest BCUT2D eigenvalue weighted by Gasteiger charge is 2.16. The van der Waals surface area contributed by atoms with Gasteiger partial charge in [0.15, 0.2) is 11.5 Å². The summed E-state index contributed by atoms with van der Waals surface area (Å²) in [6.07, 6.45) is 0.863. The van der Waals surface area contributed by atoms with E-state index < -0.39 is 0 Å². The van der Waals surface area contributed by atoms with Crippen molar-refractivity contribution in [3.63, 3.8) is 0 Å². The number of benzene rings is 1. The summed E-state index contributed by atoms with van der Waals surface area (Å²) in [5.74, 6) is 2.81. The predicted molar refractivity (Wildman–Crippen MR) is 88.2 cm³/mol. The zero-order chi connectivity index (χ0) is 15.6. The van der Waals surface area contributed by atoms with Gasteiger partial charge in [-0.1, -0.05) is 26.1 Å². The van der Waals surface area contributed by atoms with E-state index in [0.29, 0.717) is 29.0 Å². The molecule has 0 saturated heterocycles. The molecule has 6 heteroatoms. The molecule has 0 bridgehead atoms. The largest absolute Gasteiger partial charge is 0.493 e. The summed E-state index contributed by atoms with van der Waals surface area (Å²) in [6.45, 7) is 4.79. The van der Waals surface area contributed by atoms with Crippen molar-refractivity contribution in [2.24, 2.45) is 11.7 Å². The maximum absolute atomic E-state index is 5.73. The van der Waals surface area contributed by atoms with Crippen molar-refractivity contribution in [1.29, 1.82) is 0 Å². The minimum absolute atomic E-state index is 0.439. The molecule has 0 amide bonds. The van der Waals surface area contributed by atoms with Crippen molar-refractivity contribution in [1.82, 2.24) is 9.55 Å². The maximum Gasteiger partial charge on any atom is 0.163 e. The first-order valence-electron chi connectivity index (χ1n) is 6.85. The van der Waals surface area contributed by atoms with Gasteiger partial charge in [-0.2, -0.15) is 0 Å². The first kappa shape index (κ1) is 15.6. The van der Waals surface area contributed by atoms with Gasteiger partial charge in [-0.3, -0.25) is 0 Å². The maximum atomic E-state index is 5.73. The highest BCUT2D eigenvalue weighted by atomic mass is 32.1. The first-order valence-corrected chi connectivity index (χ1v) is 7.26. The van der Waals surface area contributed by atoms with Crippen LogP contribution in [0.15, 0.2) is 12.1 Å². The summed E-state index contributed by atoms with van der Waals surface area (Å²) in [6, 6.07) is 3.80. The van der Waals surface area contributed by atoms with E-state index in [2.05, 4.69) is 18.4 Å². The lowest BCUT2D eigenvalue weighted by Crippen LogP contribution is -2.19. The zero-order valence-corrected chi connectivity index (χ0v) is 13.7. The average Bonchev–Trinajstić information content (AvgIpc) is 2.73. The van der Waals surface area contributed by atoms with Crippen LogP contribution >= 0.6 is 12.2 Å². The number of hydrogen-bond acceptors (Lipinski definition) is 4. The third kappa shape index (κ3) is 3.26. The molecule has 0 spiro atoms. The molecule has 0 fully saturated rings. The van der Waals surface area contributed by atoms with Crippen molar-refractivity contribution in [2.45, 2.75) is 26.8 Å². The van der Waals surface area contributed by atoms with Crippen molar-refractivity contribution in [3.05, 3.63) is 18.0 Å². The molecule has 0 radical (unpaired) electrons. The van der Waals surface area contributed by atoms with Gasteiger partial charge < -0.3 is 19.8 Å². The van der Waals surface area contributed by atoms with E-state index in [-0.39, 0.29) is 0 Å². The molecule has 21 heavy (non-hydrogen) atoms. The quantitative estimate of drug-likeness (QED) is 0.831.